The number of methoxy groups -OCH3 is 1. The van der Waals surface area contributed by atoms with Gasteiger partial charge in [0.15, 0.2) is 0 Å². The quantitative estimate of drug-likeness (QED) is 0.909. The molecule has 0 spiro atoms. The number of nitrogens with zero attached hydrogens (tertiary/aromatic N) is 1. The summed E-state index contributed by atoms with van der Waals surface area (Å²) in [6.07, 6.45) is 1.72. The Labute approximate surface area is 105 Å². The van der Waals surface area contributed by atoms with Gasteiger partial charge < -0.3 is 10.5 Å². The molecule has 2 rings (SSSR count). The number of pyridine rings is 1. The van der Waals surface area contributed by atoms with Crippen LogP contribution in [0.2, 0.25) is 5.02 Å². The average molecular weight is 249 g/mol. The van der Waals surface area contributed by atoms with E-state index in [1.807, 2.05) is 30.3 Å². The summed E-state index contributed by atoms with van der Waals surface area (Å²) in [5.41, 5.74) is 8.07. The zero-order valence-electron chi connectivity index (χ0n) is 9.43. The lowest BCUT2D eigenvalue weighted by Crippen LogP contribution is -2.11. The second kappa shape index (κ2) is 5.17. The van der Waals surface area contributed by atoms with E-state index in [9.17, 15) is 0 Å². The standard InChI is InChI=1S/C13H13ClN2O/c1-17-12-7-4-10(8-16-12)13(15)9-2-5-11(14)6-3-9/h2-8,13H,15H2,1H3/t13-/m0/s1. The van der Waals surface area contributed by atoms with Gasteiger partial charge in [0.1, 0.15) is 0 Å². The third-order valence-electron chi connectivity index (χ3n) is 2.56. The molecule has 88 valence electrons. The second-order valence-electron chi connectivity index (χ2n) is 3.66. The van der Waals surface area contributed by atoms with Crippen LogP contribution in [-0.2, 0) is 0 Å². The highest BCUT2D eigenvalue weighted by molar-refractivity contribution is 6.30. The van der Waals surface area contributed by atoms with E-state index in [4.69, 9.17) is 22.1 Å². The van der Waals surface area contributed by atoms with Gasteiger partial charge in [0.05, 0.1) is 13.2 Å². The molecule has 0 aliphatic rings. The summed E-state index contributed by atoms with van der Waals surface area (Å²) in [7, 11) is 1.58. The third kappa shape index (κ3) is 2.75. The SMILES string of the molecule is COc1ccc([C@@H](N)c2ccc(Cl)cc2)cn1. The molecule has 0 radical (unpaired) electrons. The Bertz CT molecular complexity index is 482. The van der Waals surface area contributed by atoms with Gasteiger partial charge in [-0.15, -0.1) is 0 Å². The molecule has 3 nitrogen and oxygen atoms in total. The topological polar surface area (TPSA) is 48.1 Å². The van der Waals surface area contributed by atoms with E-state index in [0.717, 1.165) is 11.1 Å². The fourth-order valence-electron chi connectivity index (χ4n) is 1.56. The van der Waals surface area contributed by atoms with E-state index in [1.165, 1.54) is 0 Å². The summed E-state index contributed by atoms with van der Waals surface area (Å²) in [6, 6.07) is 11.0. The third-order valence-corrected chi connectivity index (χ3v) is 2.81. The monoisotopic (exact) mass is 248 g/mol. The van der Waals surface area contributed by atoms with Gasteiger partial charge in [-0.2, -0.15) is 0 Å². The molecule has 2 aromatic rings. The van der Waals surface area contributed by atoms with Gasteiger partial charge in [-0.25, -0.2) is 4.98 Å². The molecule has 4 heteroatoms. The number of aromatic nitrogens is 1. The van der Waals surface area contributed by atoms with Crippen molar-refractivity contribution in [1.82, 2.24) is 4.98 Å². The van der Waals surface area contributed by atoms with Crippen LogP contribution >= 0.6 is 11.6 Å². The number of halogens is 1. The number of nitrogens with two attached hydrogens (primary N) is 1. The highest BCUT2D eigenvalue weighted by Gasteiger charge is 2.09. The summed E-state index contributed by atoms with van der Waals surface area (Å²) < 4.78 is 5.00. The van der Waals surface area contributed by atoms with E-state index in [0.29, 0.717) is 10.9 Å². The molecule has 0 aliphatic heterocycles. The first-order valence-corrected chi connectivity index (χ1v) is 5.59. The summed E-state index contributed by atoms with van der Waals surface area (Å²) in [5, 5.41) is 0.703. The smallest absolute Gasteiger partial charge is 0.212 e. The fourth-order valence-corrected chi connectivity index (χ4v) is 1.69. The van der Waals surface area contributed by atoms with Crippen LogP contribution in [0.3, 0.4) is 0 Å². The first-order chi connectivity index (χ1) is 8.20. The van der Waals surface area contributed by atoms with Crippen molar-refractivity contribution in [3.63, 3.8) is 0 Å². The van der Waals surface area contributed by atoms with Crippen LogP contribution in [0.15, 0.2) is 42.6 Å². The van der Waals surface area contributed by atoms with Crippen molar-refractivity contribution >= 4 is 11.6 Å². The van der Waals surface area contributed by atoms with Crippen molar-refractivity contribution in [2.45, 2.75) is 6.04 Å². The molecule has 0 fully saturated rings. The normalized spacial score (nSPS) is 12.2. The largest absolute Gasteiger partial charge is 0.481 e. The Kier molecular flexibility index (Phi) is 3.61. The Morgan fingerprint density at radius 3 is 2.29 bits per heavy atom. The van der Waals surface area contributed by atoms with Crippen LogP contribution in [0.5, 0.6) is 5.88 Å². The van der Waals surface area contributed by atoms with E-state index >= 15 is 0 Å². The molecule has 0 aliphatic carbocycles. The molecule has 1 aromatic carbocycles. The van der Waals surface area contributed by atoms with Gasteiger partial charge in [-0.1, -0.05) is 29.8 Å². The van der Waals surface area contributed by atoms with Gasteiger partial charge in [0.2, 0.25) is 5.88 Å². The number of hydrogen-bond donors (Lipinski definition) is 1. The maximum atomic E-state index is 6.13. The summed E-state index contributed by atoms with van der Waals surface area (Å²) >= 11 is 5.83. The van der Waals surface area contributed by atoms with Crippen molar-refractivity contribution < 1.29 is 4.74 Å². The molecule has 1 heterocycles. The maximum absolute atomic E-state index is 6.13. The molecular weight excluding hydrogens is 236 g/mol. The highest BCUT2D eigenvalue weighted by Crippen LogP contribution is 2.21. The number of rotatable bonds is 3. The molecule has 0 unspecified atom stereocenters. The molecule has 2 N–H and O–H groups in total. The van der Waals surface area contributed by atoms with Crippen LogP contribution in [0.1, 0.15) is 17.2 Å². The fraction of sp³-hybridized carbons (Fsp3) is 0.154. The predicted molar refractivity (Wildman–Crippen MR) is 68.3 cm³/mol. The molecule has 0 saturated heterocycles. The minimum atomic E-state index is -0.203. The Balaban J connectivity index is 2.23. The number of ether oxygens (including phenoxy) is 1. The molecule has 0 amide bonds. The van der Waals surface area contributed by atoms with E-state index < -0.39 is 0 Å². The lowest BCUT2D eigenvalue weighted by molar-refractivity contribution is 0.397. The predicted octanol–water partition coefficient (Wildman–Crippen LogP) is 2.79. The number of hydrogen-bond acceptors (Lipinski definition) is 3. The van der Waals surface area contributed by atoms with Crippen LogP contribution in [0, 0.1) is 0 Å². The lowest BCUT2D eigenvalue weighted by atomic mass is 10.0. The minimum absolute atomic E-state index is 0.203. The summed E-state index contributed by atoms with van der Waals surface area (Å²) in [5.74, 6) is 0.581. The van der Waals surface area contributed by atoms with Gasteiger partial charge >= 0.3 is 0 Å². The summed E-state index contributed by atoms with van der Waals surface area (Å²) in [4.78, 5) is 4.13. The van der Waals surface area contributed by atoms with Crippen molar-refractivity contribution in [3.05, 3.63) is 58.7 Å². The van der Waals surface area contributed by atoms with Crippen LogP contribution in [0.4, 0.5) is 0 Å². The van der Waals surface area contributed by atoms with Gasteiger partial charge in [-0.3, -0.25) is 0 Å². The first kappa shape index (κ1) is 11.9. The average Bonchev–Trinajstić information content (AvgIpc) is 2.39. The van der Waals surface area contributed by atoms with Gasteiger partial charge in [0, 0.05) is 17.3 Å². The van der Waals surface area contributed by atoms with Crippen molar-refractivity contribution in [3.8, 4) is 5.88 Å². The van der Waals surface area contributed by atoms with Crippen LogP contribution < -0.4 is 10.5 Å². The zero-order chi connectivity index (χ0) is 12.3. The van der Waals surface area contributed by atoms with Gasteiger partial charge in [-0.05, 0) is 23.3 Å². The van der Waals surface area contributed by atoms with E-state index in [2.05, 4.69) is 4.98 Å². The highest BCUT2D eigenvalue weighted by atomic mass is 35.5. The van der Waals surface area contributed by atoms with Crippen molar-refractivity contribution in [2.24, 2.45) is 5.73 Å². The van der Waals surface area contributed by atoms with Crippen LogP contribution in [-0.4, -0.2) is 12.1 Å². The Morgan fingerprint density at radius 1 is 1.12 bits per heavy atom. The lowest BCUT2D eigenvalue weighted by Gasteiger charge is -2.12. The van der Waals surface area contributed by atoms with Gasteiger partial charge in [0.25, 0.3) is 0 Å². The minimum Gasteiger partial charge on any atom is -0.481 e. The van der Waals surface area contributed by atoms with Crippen molar-refractivity contribution in [2.75, 3.05) is 7.11 Å². The van der Waals surface area contributed by atoms with Crippen LogP contribution in [0.25, 0.3) is 0 Å². The molecule has 1 aromatic heterocycles. The molecular formula is C13H13ClN2O. The Hall–Kier alpha value is -1.58. The Morgan fingerprint density at radius 2 is 1.76 bits per heavy atom. The second-order valence-corrected chi connectivity index (χ2v) is 4.10. The van der Waals surface area contributed by atoms with E-state index in [1.54, 1.807) is 19.4 Å². The summed E-state index contributed by atoms with van der Waals surface area (Å²) in [6.45, 7) is 0. The number of benzene rings is 1. The molecule has 0 saturated carbocycles. The zero-order valence-corrected chi connectivity index (χ0v) is 10.2. The molecule has 1 atom stereocenters. The van der Waals surface area contributed by atoms with E-state index in [-0.39, 0.29) is 6.04 Å². The van der Waals surface area contributed by atoms with Crippen molar-refractivity contribution in [1.29, 1.82) is 0 Å². The molecule has 17 heavy (non-hydrogen) atoms. The maximum Gasteiger partial charge on any atom is 0.212 e. The molecule has 0 bridgehead atoms. The first-order valence-electron chi connectivity index (χ1n) is 5.21.